The number of rotatable bonds is 3. The number of nitrogens with one attached hydrogen (secondary N) is 1. The lowest BCUT2D eigenvalue weighted by Gasteiger charge is -2.44. The van der Waals surface area contributed by atoms with Crippen molar-refractivity contribution in [3.05, 3.63) is 15.6 Å². The number of nitrogens with zero attached hydrogens (tertiary/aromatic N) is 1. The van der Waals surface area contributed by atoms with Crippen LogP contribution in [-0.2, 0) is 5.54 Å². The third-order valence-corrected chi connectivity index (χ3v) is 5.76. The molecule has 2 nitrogen and oxygen atoms in total. The van der Waals surface area contributed by atoms with Crippen LogP contribution in [0.3, 0.4) is 0 Å². The van der Waals surface area contributed by atoms with Gasteiger partial charge in [0.05, 0.1) is 11.2 Å². The molecule has 1 heterocycles. The second kappa shape index (κ2) is 5.30. The highest BCUT2D eigenvalue weighted by atomic mass is 32.1. The lowest BCUT2D eigenvalue weighted by atomic mass is 9.70. The monoisotopic (exact) mass is 266 g/mol. The summed E-state index contributed by atoms with van der Waals surface area (Å²) in [6.45, 7) is 12.3. The van der Waals surface area contributed by atoms with Crippen LogP contribution in [0.1, 0.15) is 55.6 Å². The zero-order valence-electron chi connectivity index (χ0n) is 12.3. The van der Waals surface area contributed by atoms with Gasteiger partial charge in [-0.3, -0.25) is 0 Å². The van der Waals surface area contributed by atoms with Crippen molar-refractivity contribution in [2.24, 2.45) is 11.8 Å². The number of thiazole rings is 1. The summed E-state index contributed by atoms with van der Waals surface area (Å²) in [5.41, 5.74) is 1.33. The fourth-order valence-electron chi connectivity index (χ4n) is 3.23. The number of aromatic nitrogens is 1. The Hall–Kier alpha value is -0.410. The predicted octanol–water partition coefficient (Wildman–Crippen LogP) is 4.02. The maximum absolute atomic E-state index is 4.87. The highest BCUT2D eigenvalue weighted by Gasteiger charge is 2.43. The molecule has 1 saturated carbocycles. The molecule has 1 N–H and O–H groups in total. The van der Waals surface area contributed by atoms with Crippen molar-refractivity contribution in [1.82, 2.24) is 10.3 Å². The van der Waals surface area contributed by atoms with E-state index in [0.717, 1.165) is 12.5 Å². The van der Waals surface area contributed by atoms with Gasteiger partial charge in [-0.05, 0) is 45.1 Å². The van der Waals surface area contributed by atoms with E-state index in [9.17, 15) is 0 Å². The Kier molecular flexibility index (Phi) is 4.12. The SMILES string of the molecule is CCNC1(c2nc(C)c(C)s2)CC(C)CCC1C. The molecule has 3 atom stereocenters. The molecule has 1 aromatic heterocycles. The van der Waals surface area contributed by atoms with Gasteiger partial charge in [0, 0.05) is 4.88 Å². The summed E-state index contributed by atoms with van der Waals surface area (Å²) in [5, 5.41) is 5.10. The topological polar surface area (TPSA) is 24.9 Å². The largest absolute Gasteiger partial charge is 0.305 e. The van der Waals surface area contributed by atoms with Crippen molar-refractivity contribution < 1.29 is 0 Å². The number of hydrogen-bond donors (Lipinski definition) is 1. The number of hydrogen-bond acceptors (Lipinski definition) is 3. The van der Waals surface area contributed by atoms with Crippen molar-refractivity contribution in [3.63, 3.8) is 0 Å². The van der Waals surface area contributed by atoms with Crippen LogP contribution in [0.4, 0.5) is 0 Å². The van der Waals surface area contributed by atoms with E-state index in [-0.39, 0.29) is 5.54 Å². The van der Waals surface area contributed by atoms with Crippen LogP contribution in [0.2, 0.25) is 0 Å². The van der Waals surface area contributed by atoms with Crippen LogP contribution >= 0.6 is 11.3 Å². The Morgan fingerprint density at radius 2 is 2.06 bits per heavy atom. The first-order valence-corrected chi connectivity index (χ1v) is 8.00. The van der Waals surface area contributed by atoms with E-state index >= 15 is 0 Å². The van der Waals surface area contributed by atoms with Gasteiger partial charge in [0.25, 0.3) is 0 Å². The van der Waals surface area contributed by atoms with Crippen LogP contribution in [0, 0.1) is 25.7 Å². The molecule has 1 aliphatic rings. The fraction of sp³-hybridized carbons (Fsp3) is 0.800. The van der Waals surface area contributed by atoms with Crippen molar-refractivity contribution in [2.75, 3.05) is 6.54 Å². The summed E-state index contributed by atoms with van der Waals surface area (Å²) in [6.07, 6.45) is 3.90. The molecule has 2 rings (SSSR count). The predicted molar refractivity (Wildman–Crippen MR) is 79.1 cm³/mol. The average molecular weight is 266 g/mol. The summed E-state index contributed by atoms with van der Waals surface area (Å²) in [7, 11) is 0. The zero-order chi connectivity index (χ0) is 13.3. The summed E-state index contributed by atoms with van der Waals surface area (Å²) < 4.78 is 0. The molecule has 0 spiro atoms. The van der Waals surface area contributed by atoms with Crippen LogP contribution in [0.5, 0.6) is 0 Å². The van der Waals surface area contributed by atoms with E-state index in [1.165, 1.54) is 34.8 Å². The van der Waals surface area contributed by atoms with Gasteiger partial charge in [-0.15, -0.1) is 11.3 Å². The molecule has 0 saturated heterocycles. The Morgan fingerprint density at radius 1 is 1.33 bits per heavy atom. The van der Waals surface area contributed by atoms with Crippen LogP contribution < -0.4 is 5.32 Å². The maximum Gasteiger partial charge on any atom is 0.114 e. The molecule has 0 bridgehead atoms. The molecular weight excluding hydrogens is 240 g/mol. The summed E-state index contributed by atoms with van der Waals surface area (Å²) >= 11 is 1.89. The van der Waals surface area contributed by atoms with E-state index < -0.39 is 0 Å². The summed E-state index contributed by atoms with van der Waals surface area (Å²) in [5.74, 6) is 1.48. The Balaban J connectivity index is 2.41. The smallest absolute Gasteiger partial charge is 0.114 e. The molecule has 0 radical (unpaired) electrons. The Bertz CT molecular complexity index is 393. The average Bonchev–Trinajstić information content (AvgIpc) is 2.65. The minimum Gasteiger partial charge on any atom is -0.305 e. The molecule has 0 aliphatic heterocycles. The van der Waals surface area contributed by atoms with Gasteiger partial charge in [0.2, 0.25) is 0 Å². The zero-order valence-corrected chi connectivity index (χ0v) is 13.2. The summed E-state index contributed by atoms with van der Waals surface area (Å²) in [4.78, 5) is 6.23. The van der Waals surface area contributed by atoms with Gasteiger partial charge < -0.3 is 5.32 Å². The van der Waals surface area contributed by atoms with Crippen LogP contribution in [-0.4, -0.2) is 11.5 Å². The van der Waals surface area contributed by atoms with Gasteiger partial charge in [-0.2, -0.15) is 0 Å². The number of aryl methyl sites for hydroxylation is 2. The van der Waals surface area contributed by atoms with E-state index in [1.807, 2.05) is 11.3 Å². The standard InChI is InChI=1S/C15H26N2S/c1-6-16-15(9-10(2)7-8-11(15)3)14-17-12(4)13(5)18-14/h10-11,16H,6-9H2,1-5H3. The third-order valence-electron chi connectivity index (χ3n) is 4.51. The Morgan fingerprint density at radius 3 is 2.61 bits per heavy atom. The lowest BCUT2D eigenvalue weighted by Crippen LogP contribution is -2.50. The highest BCUT2D eigenvalue weighted by molar-refractivity contribution is 7.11. The van der Waals surface area contributed by atoms with Gasteiger partial charge in [0.15, 0.2) is 0 Å². The first-order valence-electron chi connectivity index (χ1n) is 7.19. The molecule has 0 aromatic carbocycles. The lowest BCUT2D eigenvalue weighted by molar-refractivity contribution is 0.120. The molecule has 3 heteroatoms. The molecule has 1 fully saturated rings. The Labute approximate surface area is 115 Å². The van der Waals surface area contributed by atoms with Crippen molar-refractivity contribution in [3.8, 4) is 0 Å². The van der Waals surface area contributed by atoms with Gasteiger partial charge in [0.1, 0.15) is 5.01 Å². The molecule has 0 amide bonds. The van der Waals surface area contributed by atoms with E-state index in [0.29, 0.717) is 5.92 Å². The van der Waals surface area contributed by atoms with E-state index in [4.69, 9.17) is 4.98 Å². The van der Waals surface area contributed by atoms with Crippen molar-refractivity contribution in [2.45, 2.75) is 59.4 Å². The normalized spacial score (nSPS) is 32.7. The van der Waals surface area contributed by atoms with Crippen molar-refractivity contribution >= 4 is 11.3 Å². The molecule has 102 valence electrons. The molecule has 3 unspecified atom stereocenters. The van der Waals surface area contributed by atoms with Gasteiger partial charge >= 0.3 is 0 Å². The summed E-state index contributed by atoms with van der Waals surface area (Å²) in [6, 6.07) is 0. The third kappa shape index (κ3) is 2.35. The highest BCUT2D eigenvalue weighted by Crippen LogP contribution is 2.45. The molecular formula is C15H26N2S. The first kappa shape index (κ1) is 14.0. The second-order valence-corrected chi connectivity index (χ2v) is 7.15. The molecule has 1 aliphatic carbocycles. The minimum absolute atomic E-state index is 0.121. The van der Waals surface area contributed by atoms with E-state index in [2.05, 4.69) is 39.9 Å². The minimum atomic E-state index is 0.121. The molecule has 1 aromatic rings. The molecule has 18 heavy (non-hydrogen) atoms. The van der Waals surface area contributed by atoms with Crippen LogP contribution in [0.15, 0.2) is 0 Å². The van der Waals surface area contributed by atoms with E-state index in [1.54, 1.807) is 0 Å². The maximum atomic E-state index is 4.87. The van der Waals surface area contributed by atoms with Gasteiger partial charge in [-0.25, -0.2) is 4.98 Å². The van der Waals surface area contributed by atoms with Gasteiger partial charge in [-0.1, -0.05) is 27.2 Å². The van der Waals surface area contributed by atoms with Crippen molar-refractivity contribution in [1.29, 1.82) is 0 Å². The fourth-order valence-corrected chi connectivity index (χ4v) is 4.44. The quantitative estimate of drug-likeness (QED) is 0.893. The first-order chi connectivity index (χ1) is 8.49. The second-order valence-electron chi connectivity index (χ2n) is 5.95. The van der Waals surface area contributed by atoms with Crippen LogP contribution in [0.25, 0.3) is 0 Å².